The molecule has 3 heterocycles. The Morgan fingerprint density at radius 2 is 1.81 bits per heavy atom. The van der Waals surface area contributed by atoms with E-state index in [1.54, 1.807) is 11.0 Å². The molecule has 42 heavy (non-hydrogen) atoms. The maximum Gasteiger partial charge on any atom is 0.270 e. The normalized spacial score (nSPS) is 21.8. The molecule has 5 atom stereocenters. The number of nitrogens with zero attached hydrogens (tertiary/aromatic N) is 1. The summed E-state index contributed by atoms with van der Waals surface area (Å²) >= 11 is 0. The number of aliphatic hydroxyl groups excluding tert-OH is 1. The molecule has 0 bridgehead atoms. The summed E-state index contributed by atoms with van der Waals surface area (Å²) in [6.45, 7) is 5.27. The minimum atomic E-state index is -1.58. The molecule has 2 fully saturated rings. The first-order chi connectivity index (χ1) is 20.2. The summed E-state index contributed by atoms with van der Waals surface area (Å²) in [6, 6.07) is 16.9. The number of carbonyl (C=O) groups excluding carboxylic acids is 4. The number of aromatic amines is 1. The molecule has 222 valence electrons. The zero-order valence-electron chi connectivity index (χ0n) is 24.0. The summed E-state index contributed by atoms with van der Waals surface area (Å²) in [5.41, 5.74) is 2.10. The first-order valence-electron chi connectivity index (χ1n) is 14.7. The van der Waals surface area contributed by atoms with Gasteiger partial charge in [0.1, 0.15) is 11.7 Å². The number of likely N-dealkylation sites (tertiary alicyclic amines) is 1. The Bertz CT molecular complexity index is 1400. The third kappa shape index (κ3) is 6.49. The first-order valence-corrected chi connectivity index (χ1v) is 14.7. The van der Waals surface area contributed by atoms with Crippen LogP contribution in [0.2, 0.25) is 0 Å². The number of amides is 4. The van der Waals surface area contributed by atoms with Crippen LogP contribution in [0.25, 0.3) is 10.9 Å². The number of para-hydroxylation sites is 1. The molecule has 4 amide bonds. The highest BCUT2D eigenvalue weighted by Gasteiger charge is 2.43. The van der Waals surface area contributed by atoms with Crippen LogP contribution in [0.3, 0.4) is 0 Å². The van der Waals surface area contributed by atoms with Crippen molar-refractivity contribution < 1.29 is 24.3 Å². The summed E-state index contributed by atoms with van der Waals surface area (Å²) in [5, 5.41) is 20.4. The summed E-state index contributed by atoms with van der Waals surface area (Å²) in [6.07, 6.45) is -0.463. The second-order valence-electron chi connectivity index (χ2n) is 11.8. The molecule has 2 unspecified atom stereocenters. The van der Waals surface area contributed by atoms with Crippen molar-refractivity contribution in [1.82, 2.24) is 25.8 Å². The maximum absolute atomic E-state index is 13.8. The van der Waals surface area contributed by atoms with Crippen molar-refractivity contribution in [2.24, 2.45) is 17.8 Å². The molecule has 0 spiro atoms. The fraction of sp³-hybridized carbons (Fsp3) is 0.438. The number of H-pyrrole nitrogens is 1. The van der Waals surface area contributed by atoms with Gasteiger partial charge < -0.3 is 30.9 Å². The van der Waals surface area contributed by atoms with E-state index in [0.717, 1.165) is 16.5 Å². The third-order valence-corrected chi connectivity index (χ3v) is 8.59. The van der Waals surface area contributed by atoms with E-state index in [1.165, 1.54) is 0 Å². The lowest BCUT2D eigenvalue weighted by Gasteiger charge is -2.29. The minimum absolute atomic E-state index is 0.104. The second kappa shape index (κ2) is 12.8. The highest BCUT2D eigenvalue weighted by molar-refractivity contribution is 6.00. The van der Waals surface area contributed by atoms with E-state index in [-0.39, 0.29) is 36.6 Å². The summed E-state index contributed by atoms with van der Waals surface area (Å²) in [5.74, 6) is -1.62. The number of fused-ring (bicyclic) bond motifs is 1. The summed E-state index contributed by atoms with van der Waals surface area (Å²) in [4.78, 5) is 57.7. The Kier molecular flexibility index (Phi) is 8.91. The van der Waals surface area contributed by atoms with Crippen molar-refractivity contribution in [3.05, 3.63) is 71.9 Å². The second-order valence-corrected chi connectivity index (χ2v) is 11.8. The smallest absolute Gasteiger partial charge is 0.270 e. The Morgan fingerprint density at radius 1 is 1.07 bits per heavy atom. The molecule has 2 aliphatic rings. The van der Waals surface area contributed by atoms with Gasteiger partial charge in [-0.1, -0.05) is 62.4 Å². The molecular formula is C32H39N5O5. The van der Waals surface area contributed by atoms with E-state index in [9.17, 15) is 24.3 Å². The molecule has 0 aliphatic carbocycles. The molecule has 0 radical (unpaired) electrons. The Morgan fingerprint density at radius 3 is 2.50 bits per heavy atom. The fourth-order valence-corrected chi connectivity index (χ4v) is 5.96. The minimum Gasteiger partial charge on any atom is -0.381 e. The van der Waals surface area contributed by atoms with Crippen LogP contribution in [0.15, 0.2) is 60.7 Å². The Hall–Kier alpha value is -4.18. The SMILES string of the molecule is CC(C)[C@@H]1C[C@@H](C(=O)NC(C[C@@H]2CCNC2=O)C(O)C(=O)NCc2ccccc2)N(C(=O)c2cc3ccccc3[nH]2)C1. The van der Waals surface area contributed by atoms with Crippen molar-refractivity contribution in [2.45, 2.75) is 57.8 Å². The zero-order chi connectivity index (χ0) is 29.8. The number of hydrogen-bond acceptors (Lipinski definition) is 5. The van der Waals surface area contributed by atoms with Crippen LogP contribution in [0.5, 0.6) is 0 Å². The van der Waals surface area contributed by atoms with Gasteiger partial charge in [0.2, 0.25) is 11.8 Å². The standard InChI is InChI=1S/C32H39N5O5/c1-19(2)23-16-27(37(18-23)32(42)26-14-21-10-6-7-11-24(21)35-26)30(40)36-25(15-22-12-13-33-29(22)39)28(38)31(41)34-17-20-8-4-3-5-9-20/h3-11,14,19,22-23,25,27-28,35,38H,12-13,15-18H2,1-2H3,(H,33,39)(H,34,41)(H,36,40)/t22-,23+,25?,27-,28?/m0/s1. The molecule has 10 nitrogen and oxygen atoms in total. The molecule has 2 aromatic carbocycles. The van der Waals surface area contributed by atoms with Crippen LogP contribution >= 0.6 is 0 Å². The van der Waals surface area contributed by atoms with Crippen LogP contribution < -0.4 is 16.0 Å². The average Bonchev–Trinajstić information content (AvgIpc) is 3.73. The van der Waals surface area contributed by atoms with E-state index in [2.05, 4.69) is 34.8 Å². The predicted octanol–water partition coefficient (Wildman–Crippen LogP) is 2.34. The molecule has 5 N–H and O–H groups in total. The molecule has 3 aromatic rings. The average molecular weight is 574 g/mol. The lowest BCUT2D eigenvalue weighted by Crippen LogP contribution is -2.55. The van der Waals surface area contributed by atoms with Gasteiger partial charge in [-0.05, 0) is 48.8 Å². The third-order valence-electron chi connectivity index (χ3n) is 8.59. The number of carbonyl (C=O) groups is 4. The van der Waals surface area contributed by atoms with Crippen LogP contribution in [0.1, 0.15) is 49.2 Å². The number of benzene rings is 2. The molecule has 5 rings (SSSR count). The van der Waals surface area contributed by atoms with E-state index in [4.69, 9.17) is 0 Å². The van der Waals surface area contributed by atoms with E-state index in [0.29, 0.717) is 31.6 Å². The van der Waals surface area contributed by atoms with E-state index in [1.807, 2.05) is 54.6 Å². The Labute approximate surface area is 245 Å². The van der Waals surface area contributed by atoms with E-state index >= 15 is 0 Å². The van der Waals surface area contributed by atoms with Crippen molar-refractivity contribution >= 4 is 34.5 Å². The van der Waals surface area contributed by atoms with Crippen LogP contribution in [0, 0.1) is 17.8 Å². The van der Waals surface area contributed by atoms with Gasteiger partial charge in [-0.3, -0.25) is 19.2 Å². The predicted molar refractivity (Wildman–Crippen MR) is 158 cm³/mol. The molecule has 0 saturated carbocycles. The number of aliphatic hydroxyl groups is 1. The van der Waals surface area contributed by atoms with Crippen LogP contribution in [0.4, 0.5) is 0 Å². The number of nitrogens with one attached hydrogen (secondary N) is 4. The number of rotatable bonds is 10. The van der Waals surface area contributed by atoms with E-state index < -0.39 is 35.9 Å². The molecular weight excluding hydrogens is 534 g/mol. The van der Waals surface area contributed by atoms with Gasteiger partial charge in [0.25, 0.3) is 11.8 Å². The van der Waals surface area contributed by atoms with Crippen molar-refractivity contribution in [3.63, 3.8) is 0 Å². The largest absolute Gasteiger partial charge is 0.381 e. The van der Waals surface area contributed by atoms with Gasteiger partial charge in [-0.2, -0.15) is 0 Å². The quantitative estimate of drug-likeness (QED) is 0.253. The van der Waals surface area contributed by atoms with Gasteiger partial charge in [-0.25, -0.2) is 0 Å². The molecule has 10 heteroatoms. The van der Waals surface area contributed by atoms with Gasteiger partial charge in [0, 0.05) is 36.5 Å². The topological polar surface area (TPSA) is 144 Å². The van der Waals surface area contributed by atoms with Crippen LogP contribution in [-0.4, -0.2) is 69.9 Å². The maximum atomic E-state index is 13.8. The fourth-order valence-electron chi connectivity index (χ4n) is 5.96. The molecule has 2 saturated heterocycles. The molecule has 1 aromatic heterocycles. The van der Waals surface area contributed by atoms with Gasteiger partial charge in [0.15, 0.2) is 6.10 Å². The Balaban J connectivity index is 1.34. The monoisotopic (exact) mass is 573 g/mol. The molecule has 2 aliphatic heterocycles. The lowest BCUT2D eigenvalue weighted by molar-refractivity contribution is -0.134. The summed E-state index contributed by atoms with van der Waals surface area (Å²) < 4.78 is 0. The van der Waals surface area contributed by atoms with Gasteiger partial charge >= 0.3 is 0 Å². The van der Waals surface area contributed by atoms with Crippen molar-refractivity contribution in [1.29, 1.82) is 0 Å². The van der Waals surface area contributed by atoms with Gasteiger partial charge in [-0.15, -0.1) is 0 Å². The van der Waals surface area contributed by atoms with Crippen LogP contribution in [-0.2, 0) is 20.9 Å². The van der Waals surface area contributed by atoms with Gasteiger partial charge in [0.05, 0.1) is 6.04 Å². The first kappa shape index (κ1) is 29.3. The van der Waals surface area contributed by atoms with Crippen molar-refractivity contribution in [2.75, 3.05) is 13.1 Å². The zero-order valence-corrected chi connectivity index (χ0v) is 24.0. The summed E-state index contributed by atoms with van der Waals surface area (Å²) in [7, 11) is 0. The lowest BCUT2D eigenvalue weighted by atomic mass is 9.92. The highest BCUT2D eigenvalue weighted by atomic mass is 16.3. The highest BCUT2D eigenvalue weighted by Crippen LogP contribution is 2.31. The number of aromatic nitrogens is 1. The number of hydrogen-bond donors (Lipinski definition) is 5. The van der Waals surface area contributed by atoms with Crippen molar-refractivity contribution in [3.8, 4) is 0 Å².